The maximum Gasteiger partial charge on any atom is 0.337 e. The number of thioether (sulfide) groups is 1. The first-order valence-electron chi connectivity index (χ1n) is 4.81. The average molecular weight is 250 g/mol. The number of aromatic carboxylic acids is 1. The third-order valence-corrected chi connectivity index (χ3v) is 3.10. The fourth-order valence-electron chi connectivity index (χ4n) is 1.24. The van der Waals surface area contributed by atoms with Crippen LogP contribution in [0.5, 0.6) is 0 Å². The number of pyridine rings is 1. The molecule has 88 valence electrons. The second-order valence-electron chi connectivity index (χ2n) is 3.29. The summed E-state index contributed by atoms with van der Waals surface area (Å²) < 4.78 is 5.17. The molecule has 2 heterocycles. The molecule has 0 spiro atoms. The van der Waals surface area contributed by atoms with Crippen molar-refractivity contribution in [1.29, 1.82) is 0 Å². The summed E-state index contributed by atoms with van der Waals surface area (Å²) in [6, 6.07) is 5.06. The highest BCUT2D eigenvalue weighted by atomic mass is 32.2. The zero-order chi connectivity index (χ0) is 12.3. The van der Waals surface area contributed by atoms with Crippen LogP contribution in [0.4, 0.5) is 5.69 Å². The molecule has 2 rings (SSSR count). The van der Waals surface area contributed by atoms with Gasteiger partial charge in [0.05, 0.1) is 23.3 Å². The third-order valence-electron chi connectivity index (χ3n) is 2.06. The smallest absolute Gasteiger partial charge is 0.337 e. The number of furan rings is 1. The molecule has 2 aromatic heterocycles. The Morgan fingerprint density at radius 3 is 3.00 bits per heavy atom. The van der Waals surface area contributed by atoms with E-state index < -0.39 is 5.97 Å². The second kappa shape index (κ2) is 4.92. The summed E-state index contributed by atoms with van der Waals surface area (Å²) in [4.78, 5) is 14.7. The third kappa shape index (κ3) is 2.79. The molecular weight excluding hydrogens is 240 g/mol. The summed E-state index contributed by atoms with van der Waals surface area (Å²) in [7, 11) is 0. The number of carboxylic acids is 1. The Morgan fingerprint density at radius 1 is 1.59 bits per heavy atom. The maximum atomic E-state index is 10.7. The van der Waals surface area contributed by atoms with Crippen molar-refractivity contribution >= 4 is 23.4 Å². The number of carbonyl (C=O) groups is 1. The van der Waals surface area contributed by atoms with Gasteiger partial charge in [0.25, 0.3) is 0 Å². The number of aromatic nitrogens is 1. The lowest BCUT2D eigenvalue weighted by Crippen LogP contribution is -2.01. The van der Waals surface area contributed by atoms with E-state index in [0.29, 0.717) is 16.5 Å². The molecule has 0 radical (unpaired) electrons. The van der Waals surface area contributed by atoms with E-state index in [4.69, 9.17) is 15.3 Å². The first-order chi connectivity index (χ1) is 8.16. The van der Waals surface area contributed by atoms with Gasteiger partial charge in [0.1, 0.15) is 10.8 Å². The Bertz CT molecular complexity index is 526. The normalized spacial score (nSPS) is 10.4. The Morgan fingerprint density at radius 2 is 2.41 bits per heavy atom. The van der Waals surface area contributed by atoms with Crippen molar-refractivity contribution in [3.05, 3.63) is 42.0 Å². The lowest BCUT2D eigenvalue weighted by molar-refractivity contribution is 0.0696. The minimum atomic E-state index is -1.04. The van der Waals surface area contributed by atoms with Gasteiger partial charge in [0.2, 0.25) is 0 Å². The fraction of sp³-hybridized carbons (Fsp3) is 0.0909. The van der Waals surface area contributed by atoms with Gasteiger partial charge in [-0.2, -0.15) is 0 Å². The summed E-state index contributed by atoms with van der Waals surface area (Å²) in [5.74, 6) is 0.390. The van der Waals surface area contributed by atoms with E-state index in [-0.39, 0.29) is 5.56 Å². The molecule has 0 aliphatic rings. The summed E-state index contributed by atoms with van der Waals surface area (Å²) in [5, 5.41) is 9.37. The Balaban J connectivity index is 2.09. The number of rotatable bonds is 4. The standard InChI is InChI=1S/C11H10N2O3S/c12-9-4-7(11(14)15)5-13-10(9)17-6-8-2-1-3-16-8/h1-5H,6,12H2,(H,14,15). The van der Waals surface area contributed by atoms with Gasteiger partial charge >= 0.3 is 5.97 Å². The number of carboxylic acid groups (broad SMARTS) is 1. The van der Waals surface area contributed by atoms with Crippen molar-refractivity contribution in [3.8, 4) is 0 Å². The monoisotopic (exact) mass is 250 g/mol. The molecule has 0 amide bonds. The fourth-order valence-corrected chi connectivity index (χ4v) is 2.04. The van der Waals surface area contributed by atoms with Crippen molar-refractivity contribution in [2.24, 2.45) is 0 Å². The van der Waals surface area contributed by atoms with Gasteiger partial charge in [-0.05, 0) is 18.2 Å². The summed E-state index contributed by atoms with van der Waals surface area (Å²) in [5.41, 5.74) is 6.17. The highest BCUT2D eigenvalue weighted by Gasteiger charge is 2.08. The number of nitrogens with zero attached hydrogens (tertiary/aromatic N) is 1. The molecule has 17 heavy (non-hydrogen) atoms. The zero-order valence-electron chi connectivity index (χ0n) is 8.79. The SMILES string of the molecule is Nc1cc(C(=O)O)cnc1SCc1ccco1. The van der Waals surface area contributed by atoms with E-state index in [1.165, 1.54) is 24.0 Å². The van der Waals surface area contributed by atoms with Gasteiger partial charge in [-0.15, -0.1) is 0 Å². The molecule has 0 aliphatic heterocycles. The van der Waals surface area contributed by atoms with Crippen LogP contribution < -0.4 is 5.73 Å². The quantitative estimate of drug-likeness (QED) is 0.809. The van der Waals surface area contributed by atoms with E-state index in [1.807, 2.05) is 6.07 Å². The highest BCUT2D eigenvalue weighted by molar-refractivity contribution is 7.98. The molecule has 0 fully saturated rings. The number of nitrogens with two attached hydrogens (primary N) is 1. The summed E-state index contributed by atoms with van der Waals surface area (Å²) >= 11 is 1.40. The number of anilines is 1. The van der Waals surface area contributed by atoms with Crippen LogP contribution in [0.1, 0.15) is 16.1 Å². The number of nitrogen functional groups attached to an aromatic ring is 1. The molecule has 0 aromatic carbocycles. The summed E-state index contributed by atoms with van der Waals surface area (Å²) in [6.07, 6.45) is 2.89. The van der Waals surface area contributed by atoms with Crippen LogP contribution in [0.2, 0.25) is 0 Å². The topological polar surface area (TPSA) is 89.4 Å². The lowest BCUT2D eigenvalue weighted by atomic mass is 10.3. The Kier molecular flexibility index (Phi) is 3.34. The Labute approximate surface area is 102 Å². The van der Waals surface area contributed by atoms with Crippen LogP contribution >= 0.6 is 11.8 Å². The van der Waals surface area contributed by atoms with E-state index in [9.17, 15) is 4.79 Å². The molecule has 0 saturated heterocycles. The predicted octanol–water partition coefficient (Wildman–Crippen LogP) is 2.25. The molecule has 6 heteroatoms. The maximum absolute atomic E-state index is 10.7. The van der Waals surface area contributed by atoms with Crippen molar-refractivity contribution in [3.63, 3.8) is 0 Å². The van der Waals surface area contributed by atoms with E-state index in [1.54, 1.807) is 12.3 Å². The molecule has 2 aromatic rings. The van der Waals surface area contributed by atoms with Gasteiger partial charge in [-0.3, -0.25) is 0 Å². The highest BCUT2D eigenvalue weighted by Crippen LogP contribution is 2.26. The van der Waals surface area contributed by atoms with Crippen molar-refractivity contribution in [2.75, 3.05) is 5.73 Å². The van der Waals surface area contributed by atoms with E-state index in [0.717, 1.165) is 5.76 Å². The minimum absolute atomic E-state index is 0.0878. The second-order valence-corrected chi connectivity index (χ2v) is 4.26. The van der Waals surface area contributed by atoms with Crippen LogP contribution in [0.3, 0.4) is 0 Å². The Hall–Kier alpha value is -1.95. The van der Waals surface area contributed by atoms with Gasteiger partial charge < -0.3 is 15.3 Å². The largest absolute Gasteiger partial charge is 0.478 e. The van der Waals surface area contributed by atoms with Crippen LogP contribution in [0.15, 0.2) is 40.1 Å². The van der Waals surface area contributed by atoms with Gasteiger partial charge in [0, 0.05) is 6.20 Å². The van der Waals surface area contributed by atoms with Gasteiger partial charge in [-0.25, -0.2) is 9.78 Å². The first-order valence-corrected chi connectivity index (χ1v) is 5.79. The molecule has 3 N–H and O–H groups in total. The predicted molar refractivity (Wildman–Crippen MR) is 63.9 cm³/mol. The molecule has 5 nitrogen and oxygen atoms in total. The van der Waals surface area contributed by atoms with Gasteiger partial charge in [-0.1, -0.05) is 11.8 Å². The molecule has 0 bridgehead atoms. The summed E-state index contributed by atoms with van der Waals surface area (Å²) in [6.45, 7) is 0. The molecule has 0 atom stereocenters. The minimum Gasteiger partial charge on any atom is -0.478 e. The average Bonchev–Trinajstić information content (AvgIpc) is 2.80. The first kappa shape index (κ1) is 11.5. The molecule has 0 aliphatic carbocycles. The van der Waals surface area contributed by atoms with Crippen LogP contribution in [-0.4, -0.2) is 16.1 Å². The van der Waals surface area contributed by atoms with E-state index >= 15 is 0 Å². The number of hydrogen-bond donors (Lipinski definition) is 2. The number of hydrogen-bond acceptors (Lipinski definition) is 5. The van der Waals surface area contributed by atoms with Crippen LogP contribution in [0.25, 0.3) is 0 Å². The molecule has 0 unspecified atom stereocenters. The molecular formula is C11H10N2O3S. The van der Waals surface area contributed by atoms with Crippen LogP contribution in [0, 0.1) is 0 Å². The van der Waals surface area contributed by atoms with Crippen molar-refractivity contribution < 1.29 is 14.3 Å². The zero-order valence-corrected chi connectivity index (χ0v) is 9.61. The molecule has 0 saturated carbocycles. The van der Waals surface area contributed by atoms with Crippen molar-refractivity contribution in [2.45, 2.75) is 10.8 Å². The van der Waals surface area contributed by atoms with Crippen molar-refractivity contribution in [1.82, 2.24) is 4.98 Å². The van der Waals surface area contributed by atoms with E-state index in [2.05, 4.69) is 4.98 Å². The van der Waals surface area contributed by atoms with Gasteiger partial charge in [0.15, 0.2) is 0 Å². The lowest BCUT2D eigenvalue weighted by Gasteiger charge is -2.03. The van der Waals surface area contributed by atoms with Crippen LogP contribution in [-0.2, 0) is 5.75 Å².